The molecule has 1 saturated heterocycles. The minimum Gasteiger partial charge on any atom is -0.444 e. The van der Waals surface area contributed by atoms with Gasteiger partial charge >= 0.3 is 6.09 Å². The molecule has 1 aromatic rings. The average molecular weight is 322 g/mol. The molecule has 0 unspecified atom stereocenters. The Bertz CT molecular complexity index is 530. The molecule has 1 aliphatic heterocycles. The maximum absolute atomic E-state index is 11.8. The first-order valence-electron chi connectivity index (χ1n) is 7.29. The molecule has 0 spiro atoms. The van der Waals surface area contributed by atoms with E-state index >= 15 is 0 Å². The largest absolute Gasteiger partial charge is 0.444 e. The number of anilines is 1. The number of carbonyl (C=O) groups is 1. The molecule has 2 N–H and O–H groups in total. The van der Waals surface area contributed by atoms with E-state index in [2.05, 4.69) is 15.6 Å². The number of carbonyl (C=O) groups excluding carboxylic acids is 1. The van der Waals surface area contributed by atoms with Gasteiger partial charge in [-0.1, -0.05) is 0 Å². The fourth-order valence-corrected chi connectivity index (χ4v) is 2.46. The number of hydrogen-bond acceptors (Lipinski definition) is 4. The van der Waals surface area contributed by atoms with Crippen LogP contribution in [0, 0.1) is 0 Å². The van der Waals surface area contributed by atoms with Gasteiger partial charge in [0.15, 0.2) is 5.11 Å². The number of thiocarbonyl (C=S) groups is 1. The van der Waals surface area contributed by atoms with Crippen molar-refractivity contribution in [3.05, 3.63) is 24.5 Å². The third kappa shape index (κ3) is 5.14. The van der Waals surface area contributed by atoms with Gasteiger partial charge in [0.05, 0.1) is 17.9 Å². The molecule has 0 aromatic carbocycles. The molecule has 1 aliphatic rings. The molecule has 6 nitrogen and oxygen atoms in total. The highest BCUT2D eigenvalue weighted by Crippen LogP contribution is 2.14. The Morgan fingerprint density at radius 2 is 2.27 bits per heavy atom. The molecule has 22 heavy (non-hydrogen) atoms. The Labute approximate surface area is 136 Å². The summed E-state index contributed by atoms with van der Waals surface area (Å²) in [7, 11) is 0. The number of pyridine rings is 1. The van der Waals surface area contributed by atoms with Gasteiger partial charge in [-0.05, 0) is 51.5 Å². The standard InChI is InChI=1S/C15H22N4O2S/c1-15(2,3)21-14(20)18-12-6-8-19(10-12)13(22)17-11-5-4-7-16-9-11/h4-5,7,9,12H,6,8,10H2,1-3H3,(H,17,22)(H,18,20)/t12-/m0/s1. The highest BCUT2D eigenvalue weighted by molar-refractivity contribution is 7.80. The van der Waals surface area contributed by atoms with Crippen LogP contribution in [0.1, 0.15) is 27.2 Å². The van der Waals surface area contributed by atoms with Gasteiger partial charge in [-0.25, -0.2) is 4.79 Å². The molecular formula is C15H22N4O2S. The maximum atomic E-state index is 11.8. The van der Waals surface area contributed by atoms with E-state index in [0.717, 1.165) is 18.7 Å². The Morgan fingerprint density at radius 3 is 2.91 bits per heavy atom. The second-order valence-electron chi connectivity index (χ2n) is 6.25. The molecule has 1 atom stereocenters. The number of nitrogens with zero attached hydrogens (tertiary/aromatic N) is 2. The molecule has 2 heterocycles. The normalized spacial score (nSPS) is 18.0. The van der Waals surface area contributed by atoms with E-state index in [1.807, 2.05) is 37.8 Å². The second-order valence-corrected chi connectivity index (χ2v) is 6.64. The third-order valence-corrected chi connectivity index (χ3v) is 3.47. The van der Waals surface area contributed by atoms with Gasteiger partial charge in [0.1, 0.15) is 5.60 Å². The molecule has 1 amide bonds. The van der Waals surface area contributed by atoms with Crippen molar-refractivity contribution in [1.82, 2.24) is 15.2 Å². The first-order chi connectivity index (χ1) is 10.3. The average Bonchev–Trinajstić information content (AvgIpc) is 2.86. The predicted molar refractivity (Wildman–Crippen MR) is 89.8 cm³/mol. The minimum absolute atomic E-state index is 0.0449. The predicted octanol–water partition coefficient (Wildman–Crippen LogP) is 2.38. The van der Waals surface area contributed by atoms with Crippen LogP contribution in [-0.2, 0) is 4.74 Å². The summed E-state index contributed by atoms with van der Waals surface area (Å²) in [5.41, 5.74) is 0.371. The summed E-state index contributed by atoms with van der Waals surface area (Å²) in [6.45, 7) is 7.01. The lowest BCUT2D eigenvalue weighted by molar-refractivity contribution is 0.0507. The number of ether oxygens (including phenoxy) is 1. The summed E-state index contributed by atoms with van der Waals surface area (Å²) < 4.78 is 5.27. The number of nitrogens with one attached hydrogen (secondary N) is 2. The lowest BCUT2D eigenvalue weighted by atomic mass is 10.2. The van der Waals surface area contributed by atoms with Crippen molar-refractivity contribution in [2.45, 2.75) is 38.8 Å². The zero-order chi connectivity index (χ0) is 16.2. The number of amides is 1. The molecular weight excluding hydrogens is 300 g/mol. The lowest BCUT2D eigenvalue weighted by Crippen LogP contribution is -2.41. The molecule has 0 bridgehead atoms. The van der Waals surface area contributed by atoms with Crippen LogP contribution in [0.2, 0.25) is 0 Å². The zero-order valence-corrected chi connectivity index (χ0v) is 13.9. The van der Waals surface area contributed by atoms with Gasteiger partial charge < -0.3 is 20.3 Å². The Morgan fingerprint density at radius 1 is 1.50 bits per heavy atom. The smallest absolute Gasteiger partial charge is 0.407 e. The zero-order valence-electron chi connectivity index (χ0n) is 13.1. The van der Waals surface area contributed by atoms with Crippen molar-refractivity contribution >= 4 is 29.1 Å². The Kier molecular flexibility index (Phi) is 5.18. The summed E-state index contributed by atoms with van der Waals surface area (Å²) in [4.78, 5) is 17.8. The van der Waals surface area contributed by atoms with Crippen LogP contribution >= 0.6 is 12.2 Å². The number of alkyl carbamates (subject to hydrolysis) is 1. The molecule has 1 fully saturated rings. The topological polar surface area (TPSA) is 66.5 Å². The van der Waals surface area contributed by atoms with Crippen molar-refractivity contribution in [2.24, 2.45) is 0 Å². The van der Waals surface area contributed by atoms with Gasteiger partial charge in [-0.2, -0.15) is 0 Å². The SMILES string of the molecule is CC(C)(C)OC(=O)N[C@H]1CCN(C(=S)Nc2cccnc2)C1. The third-order valence-electron chi connectivity index (χ3n) is 3.11. The van der Waals surface area contributed by atoms with Crippen molar-refractivity contribution in [2.75, 3.05) is 18.4 Å². The fraction of sp³-hybridized carbons (Fsp3) is 0.533. The summed E-state index contributed by atoms with van der Waals surface area (Å²) in [5.74, 6) is 0. The lowest BCUT2D eigenvalue weighted by Gasteiger charge is -2.23. The quantitative estimate of drug-likeness (QED) is 0.815. The van der Waals surface area contributed by atoms with Crippen molar-refractivity contribution < 1.29 is 9.53 Å². The highest BCUT2D eigenvalue weighted by Gasteiger charge is 2.27. The Balaban J connectivity index is 1.80. The number of rotatable bonds is 2. The maximum Gasteiger partial charge on any atom is 0.407 e. The van der Waals surface area contributed by atoms with Crippen molar-refractivity contribution in [1.29, 1.82) is 0 Å². The van der Waals surface area contributed by atoms with E-state index in [9.17, 15) is 4.79 Å². The van der Waals surface area contributed by atoms with E-state index in [1.54, 1.807) is 12.4 Å². The highest BCUT2D eigenvalue weighted by atomic mass is 32.1. The second kappa shape index (κ2) is 6.91. The number of likely N-dealkylation sites (tertiary alicyclic amines) is 1. The van der Waals surface area contributed by atoms with Crippen LogP contribution in [0.4, 0.5) is 10.5 Å². The van der Waals surface area contributed by atoms with Gasteiger partial charge in [0.2, 0.25) is 0 Å². The van der Waals surface area contributed by atoms with Crippen LogP contribution in [0.25, 0.3) is 0 Å². The summed E-state index contributed by atoms with van der Waals surface area (Å²) in [5, 5.41) is 6.67. The summed E-state index contributed by atoms with van der Waals surface area (Å²) in [6, 6.07) is 3.80. The number of aromatic nitrogens is 1. The Hall–Kier alpha value is -1.89. The molecule has 7 heteroatoms. The van der Waals surface area contributed by atoms with Crippen LogP contribution in [0.5, 0.6) is 0 Å². The van der Waals surface area contributed by atoms with E-state index in [4.69, 9.17) is 17.0 Å². The van der Waals surface area contributed by atoms with E-state index in [1.165, 1.54) is 0 Å². The summed E-state index contributed by atoms with van der Waals surface area (Å²) >= 11 is 5.39. The molecule has 0 aliphatic carbocycles. The molecule has 2 rings (SSSR count). The fourth-order valence-electron chi connectivity index (χ4n) is 2.18. The first-order valence-corrected chi connectivity index (χ1v) is 7.70. The van der Waals surface area contributed by atoms with E-state index < -0.39 is 5.60 Å². The van der Waals surface area contributed by atoms with Crippen LogP contribution in [0.15, 0.2) is 24.5 Å². The van der Waals surface area contributed by atoms with Gasteiger partial charge in [0, 0.05) is 19.3 Å². The van der Waals surface area contributed by atoms with Crippen LogP contribution in [0.3, 0.4) is 0 Å². The van der Waals surface area contributed by atoms with Crippen molar-refractivity contribution in [3.8, 4) is 0 Å². The molecule has 0 saturated carbocycles. The monoisotopic (exact) mass is 322 g/mol. The molecule has 1 aromatic heterocycles. The number of hydrogen-bond donors (Lipinski definition) is 2. The molecule has 120 valence electrons. The van der Waals surface area contributed by atoms with E-state index in [-0.39, 0.29) is 12.1 Å². The molecule has 0 radical (unpaired) electrons. The van der Waals surface area contributed by atoms with Crippen molar-refractivity contribution in [3.63, 3.8) is 0 Å². The van der Waals surface area contributed by atoms with Gasteiger partial charge in [-0.15, -0.1) is 0 Å². The minimum atomic E-state index is -0.487. The van der Waals surface area contributed by atoms with Gasteiger partial charge in [0.25, 0.3) is 0 Å². The van der Waals surface area contributed by atoms with Crippen LogP contribution < -0.4 is 10.6 Å². The first kappa shape index (κ1) is 16.5. The van der Waals surface area contributed by atoms with Gasteiger partial charge in [-0.3, -0.25) is 4.98 Å². The van der Waals surface area contributed by atoms with Crippen LogP contribution in [-0.4, -0.2) is 45.8 Å². The van der Waals surface area contributed by atoms with E-state index in [0.29, 0.717) is 11.7 Å². The summed E-state index contributed by atoms with van der Waals surface area (Å²) in [6.07, 6.45) is 3.89.